The van der Waals surface area contributed by atoms with E-state index in [4.69, 9.17) is 0 Å². The third-order valence-corrected chi connectivity index (χ3v) is 6.68. The molecule has 5 rings (SSSR count). The number of nitrogens with one attached hydrogen (secondary N) is 1. The van der Waals surface area contributed by atoms with Gasteiger partial charge in [-0.3, -0.25) is 9.69 Å². The van der Waals surface area contributed by atoms with Crippen molar-refractivity contribution in [2.75, 3.05) is 13.1 Å². The van der Waals surface area contributed by atoms with E-state index in [9.17, 15) is 14.3 Å². The van der Waals surface area contributed by atoms with Crippen molar-refractivity contribution in [2.24, 2.45) is 11.8 Å². The first-order chi connectivity index (χ1) is 13.6. The molecule has 3 aliphatic rings. The molecule has 3 atom stereocenters. The van der Waals surface area contributed by atoms with Gasteiger partial charge >= 0.3 is 0 Å². The van der Waals surface area contributed by atoms with Crippen LogP contribution in [0.4, 0.5) is 4.39 Å². The summed E-state index contributed by atoms with van der Waals surface area (Å²) in [5.74, 6) is 0.525. The molecular formula is C23H25FN2O2. The molecule has 2 aliphatic carbocycles. The second-order valence-electron chi connectivity index (χ2n) is 8.53. The van der Waals surface area contributed by atoms with E-state index in [2.05, 4.69) is 28.4 Å². The highest BCUT2D eigenvalue weighted by Gasteiger charge is 2.47. The molecule has 2 fully saturated rings. The summed E-state index contributed by atoms with van der Waals surface area (Å²) in [4.78, 5) is 15.0. The quantitative estimate of drug-likeness (QED) is 0.857. The van der Waals surface area contributed by atoms with Gasteiger partial charge in [0.15, 0.2) is 0 Å². The average molecular weight is 380 g/mol. The van der Waals surface area contributed by atoms with Gasteiger partial charge in [-0.2, -0.15) is 0 Å². The lowest BCUT2D eigenvalue weighted by molar-refractivity contribution is -0.132. The van der Waals surface area contributed by atoms with Crippen LogP contribution in [0.15, 0.2) is 48.5 Å². The number of halogens is 1. The molecule has 2 N–H and O–H groups in total. The van der Waals surface area contributed by atoms with Crippen LogP contribution in [0, 0.1) is 17.7 Å². The molecule has 146 valence electrons. The van der Waals surface area contributed by atoms with E-state index in [0.717, 1.165) is 25.2 Å². The number of hydrogen-bond donors (Lipinski definition) is 2. The highest BCUT2D eigenvalue weighted by Crippen LogP contribution is 2.49. The SMILES string of the molecule is O=C(N[C@@H]1c2ccccc2[C@@H]2CN(Cc3cccc(F)c3)C[C@H]12)C1CC(O)C1. The average Bonchev–Trinajstić information content (AvgIpc) is 3.17. The van der Waals surface area contributed by atoms with Crippen LogP contribution in [0.25, 0.3) is 0 Å². The molecule has 5 heteroatoms. The van der Waals surface area contributed by atoms with Crippen LogP contribution in [0.3, 0.4) is 0 Å². The Hall–Kier alpha value is -2.24. The minimum Gasteiger partial charge on any atom is -0.393 e. The van der Waals surface area contributed by atoms with E-state index in [-0.39, 0.29) is 29.8 Å². The topological polar surface area (TPSA) is 52.6 Å². The predicted molar refractivity (Wildman–Crippen MR) is 104 cm³/mol. The zero-order chi connectivity index (χ0) is 19.3. The molecule has 0 radical (unpaired) electrons. The lowest BCUT2D eigenvalue weighted by Gasteiger charge is -2.32. The van der Waals surface area contributed by atoms with Crippen molar-refractivity contribution in [3.63, 3.8) is 0 Å². The smallest absolute Gasteiger partial charge is 0.223 e. The van der Waals surface area contributed by atoms with Crippen molar-refractivity contribution in [1.29, 1.82) is 0 Å². The van der Waals surface area contributed by atoms with Crippen LogP contribution in [-0.4, -0.2) is 35.1 Å². The molecule has 4 nitrogen and oxygen atoms in total. The molecule has 0 spiro atoms. The van der Waals surface area contributed by atoms with Gasteiger partial charge in [-0.25, -0.2) is 4.39 Å². The van der Waals surface area contributed by atoms with Crippen molar-refractivity contribution >= 4 is 5.91 Å². The molecular weight excluding hydrogens is 355 g/mol. The third-order valence-electron chi connectivity index (χ3n) is 6.68. The Labute approximate surface area is 164 Å². The number of hydrogen-bond acceptors (Lipinski definition) is 3. The number of rotatable bonds is 4. The number of likely N-dealkylation sites (tertiary alicyclic amines) is 1. The summed E-state index contributed by atoms with van der Waals surface area (Å²) in [7, 11) is 0. The molecule has 0 aromatic heterocycles. The maximum absolute atomic E-state index is 13.5. The van der Waals surface area contributed by atoms with E-state index < -0.39 is 0 Å². The predicted octanol–water partition coefficient (Wildman–Crippen LogP) is 2.98. The molecule has 1 amide bonds. The lowest BCUT2D eigenvalue weighted by atomic mass is 9.81. The summed E-state index contributed by atoms with van der Waals surface area (Å²) in [6, 6.07) is 15.2. The summed E-state index contributed by atoms with van der Waals surface area (Å²) in [6.45, 7) is 2.53. The Bertz CT molecular complexity index is 896. The molecule has 1 saturated carbocycles. The summed E-state index contributed by atoms with van der Waals surface area (Å²) in [5, 5.41) is 12.8. The first-order valence-corrected chi connectivity index (χ1v) is 10.1. The maximum atomic E-state index is 13.5. The largest absolute Gasteiger partial charge is 0.393 e. The van der Waals surface area contributed by atoms with Crippen LogP contribution in [0.2, 0.25) is 0 Å². The maximum Gasteiger partial charge on any atom is 0.223 e. The fraction of sp³-hybridized carbons (Fsp3) is 0.435. The van der Waals surface area contributed by atoms with Gasteiger partial charge in [0, 0.05) is 37.4 Å². The Kier molecular flexibility index (Phi) is 4.44. The van der Waals surface area contributed by atoms with Crippen LogP contribution >= 0.6 is 0 Å². The number of amides is 1. The fourth-order valence-corrected chi connectivity index (χ4v) is 5.22. The van der Waals surface area contributed by atoms with Crippen LogP contribution in [-0.2, 0) is 11.3 Å². The number of fused-ring (bicyclic) bond motifs is 3. The number of aliphatic hydroxyl groups is 1. The van der Waals surface area contributed by atoms with Crippen molar-refractivity contribution in [3.8, 4) is 0 Å². The van der Waals surface area contributed by atoms with Crippen LogP contribution in [0.1, 0.15) is 41.5 Å². The van der Waals surface area contributed by atoms with E-state index in [1.807, 2.05) is 12.1 Å². The summed E-state index contributed by atoms with van der Waals surface area (Å²) in [5.41, 5.74) is 3.54. The normalized spacial score (nSPS) is 31.1. The van der Waals surface area contributed by atoms with Gasteiger partial charge in [-0.1, -0.05) is 36.4 Å². The molecule has 2 aromatic carbocycles. The minimum atomic E-state index is -0.326. The van der Waals surface area contributed by atoms with Crippen LogP contribution < -0.4 is 5.32 Å². The summed E-state index contributed by atoms with van der Waals surface area (Å²) < 4.78 is 13.5. The molecule has 1 saturated heterocycles. The van der Waals surface area contributed by atoms with Gasteiger partial charge < -0.3 is 10.4 Å². The number of nitrogens with zero attached hydrogens (tertiary/aromatic N) is 1. The van der Waals surface area contributed by atoms with E-state index in [1.54, 1.807) is 12.1 Å². The minimum absolute atomic E-state index is 0.0175. The second kappa shape index (κ2) is 6.98. The monoisotopic (exact) mass is 380 g/mol. The van der Waals surface area contributed by atoms with E-state index >= 15 is 0 Å². The first-order valence-electron chi connectivity index (χ1n) is 10.1. The van der Waals surface area contributed by atoms with E-state index in [0.29, 0.717) is 24.7 Å². The number of benzene rings is 2. The standard InChI is InChI=1S/C23H25FN2O2/c24-16-5-3-4-14(8-16)11-26-12-20-18-6-1-2-7-19(18)22(21(20)13-26)25-23(28)15-9-17(27)10-15/h1-8,15,17,20-22,27H,9-13H2,(H,25,28)/t15?,17?,20-,21-,22+/m0/s1. The van der Waals surface area contributed by atoms with Crippen molar-refractivity contribution < 1.29 is 14.3 Å². The lowest BCUT2D eigenvalue weighted by Crippen LogP contribution is -2.43. The molecule has 0 bridgehead atoms. The molecule has 1 heterocycles. The highest BCUT2D eigenvalue weighted by atomic mass is 19.1. The Morgan fingerprint density at radius 2 is 1.89 bits per heavy atom. The highest BCUT2D eigenvalue weighted by molar-refractivity contribution is 5.80. The zero-order valence-corrected chi connectivity index (χ0v) is 15.7. The van der Waals surface area contributed by atoms with Gasteiger partial charge in [-0.05, 0) is 41.7 Å². The summed E-state index contributed by atoms with van der Waals surface area (Å²) >= 11 is 0. The molecule has 28 heavy (non-hydrogen) atoms. The van der Waals surface area contributed by atoms with Crippen LogP contribution in [0.5, 0.6) is 0 Å². The third kappa shape index (κ3) is 3.12. The van der Waals surface area contributed by atoms with Crippen molar-refractivity contribution in [3.05, 3.63) is 71.0 Å². The first kappa shape index (κ1) is 17.8. The Balaban J connectivity index is 1.34. The Morgan fingerprint density at radius 1 is 1.11 bits per heavy atom. The van der Waals surface area contributed by atoms with E-state index in [1.165, 1.54) is 17.2 Å². The van der Waals surface area contributed by atoms with Crippen molar-refractivity contribution in [2.45, 2.75) is 37.5 Å². The van der Waals surface area contributed by atoms with Crippen molar-refractivity contribution in [1.82, 2.24) is 10.2 Å². The second-order valence-corrected chi connectivity index (χ2v) is 8.53. The Morgan fingerprint density at radius 3 is 2.64 bits per heavy atom. The fourth-order valence-electron chi connectivity index (χ4n) is 5.22. The molecule has 2 aromatic rings. The number of aliphatic hydroxyl groups excluding tert-OH is 1. The zero-order valence-electron chi connectivity index (χ0n) is 15.7. The number of carbonyl (C=O) groups is 1. The van der Waals surface area contributed by atoms with Gasteiger partial charge in [-0.15, -0.1) is 0 Å². The molecule has 1 aliphatic heterocycles. The summed E-state index contributed by atoms with van der Waals surface area (Å²) in [6.07, 6.45) is 0.813. The van der Waals surface area contributed by atoms with Gasteiger partial charge in [0.2, 0.25) is 5.91 Å². The molecule has 0 unspecified atom stereocenters. The van der Waals surface area contributed by atoms with Gasteiger partial charge in [0.05, 0.1) is 12.1 Å². The number of carbonyl (C=O) groups excluding carboxylic acids is 1. The van der Waals surface area contributed by atoms with Gasteiger partial charge in [0.1, 0.15) is 5.82 Å². The van der Waals surface area contributed by atoms with Gasteiger partial charge in [0.25, 0.3) is 0 Å².